The monoisotopic (exact) mass is 271 g/mol. The van der Waals surface area contributed by atoms with E-state index in [1.165, 1.54) is 0 Å². The molecule has 0 aromatic heterocycles. The van der Waals surface area contributed by atoms with Gasteiger partial charge in [0.25, 0.3) is 0 Å². The Balaban J connectivity index is 2.45. The van der Waals surface area contributed by atoms with Crippen molar-refractivity contribution in [1.82, 2.24) is 5.32 Å². The van der Waals surface area contributed by atoms with Gasteiger partial charge in [0.2, 0.25) is 0 Å². The van der Waals surface area contributed by atoms with Crippen LogP contribution in [0.2, 0.25) is 0 Å². The summed E-state index contributed by atoms with van der Waals surface area (Å²) >= 11 is 3.52. The summed E-state index contributed by atoms with van der Waals surface area (Å²) in [5.74, 6) is -0.0594. The van der Waals surface area contributed by atoms with Crippen molar-refractivity contribution in [3.05, 3.63) is 33.5 Å². The predicted molar refractivity (Wildman–Crippen MR) is 63.5 cm³/mol. The third kappa shape index (κ3) is 2.08. The first-order valence-electron chi connectivity index (χ1n) is 5.44. The molecule has 0 saturated heterocycles. The lowest BCUT2D eigenvalue weighted by Crippen LogP contribution is -2.30. The minimum Gasteiger partial charge on any atom is -0.310 e. The Labute approximate surface area is 98.2 Å². The molecule has 82 valence electrons. The van der Waals surface area contributed by atoms with Crippen molar-refractivity contribution < 1.29 is 4.39 Å². The van der Waals surface area contributed by atoms with Gasteiger partial charge in [-0.05, 0) is 42.6 Å². The third-order valence-corrected chi connectivity index (χ3v) is 3.63. The van der Waals surface area contributed by atoms with Crippen LogP contribution in [-0.2, 0) is 6.42 Å². The van der Waals surface area contributed by atoms with Crippen LogP contribution >= 0.6 is 15.9 Å². The number of hydrogen-bond acceptors (Lipinski definition) is 1. The molecule has 3 heteroatoms. The van der Waals surface area contributed by atoms with E-state index in [0.717, 1.165) is 41.4 Å². The molecule has 15 heavy (non-hydrogen) atoms. The summed E-state index contributed by atoms with van der Waals surface area (Å²) < 4.78 is 14.6. The number of hydrogen-bond donors (Lipinski definition) is 1. The quantitative estimate of drug-likeness (QED) is 0.867. The molecule has 1 N–H and O–H groups in total. The average Bonchev–Trinajstić information content (AvgIpc) is 2.24. The first-order valence-corrected chi connectivity index (χ1v) is 6.23. The number of fused-ring (bicyclic) bond motifs is 1. The zero-order valence-electron chi connectivity index (χ0n) is 8.82. The summed E-state index contributed by atoms with van der Waals surface area (Å²) in [6.07, 6.45) is 2.97. The maximum absolute atomic E-state index is 13.6. The molecule has 1 unspecified atom stereocenters. The van der Waals surface area contributed by atoms with E-state index in [1.54, 1.807) is 6.07 Å². The van der Waals surface area contributed by atoms with Gasteiger partial charge in [0.15, 0.2) is 0 Å². The van der Waals surface area contributed by atoms with E-state index in [2.05, 4.69) is 28.2 Å². The normalized spacial score (nSPS) is 20.1. The molecule has 0 amide bonds. The molecule has 1 atom stereocenters. The summed E-state index contributed by atoms with van der Waals surface area (Å²) in [5, 5.41) is 3.45. The van der Waals surface area contributed by atoms with Crippen molar-refractivity contribution in [3.8, 4) is 0 Å². The van der Waals surface area contributed by atoms with E-state index in [9.17, 15) is 4.39 Å². The highest BCUT2D eigenvalue weighted by Gasteiger charge is 2.23. The van der Waals surface area contributed by atoms with Crippen LogP contribution in [0.25, 0.3) is 0 Å². The van der Waals surface area contributed by atoms with Gasteiger partial charge in [0.1, 0.15) is 5.82 Å². The van der Waals surface area contributed by atoms with Gasteiger partial charge < -0.3 is 5.32 Å². The van der Waals surface area contributed by atoms with Gasteiger partial charge >= 0.3 is 0 Å². The fourth-order valence-corrected chi connectivity index (χ4v) is 2.90. The van der Waals surface area contributed by atoms with Crippen LogP contribution in [0.5, 0.6) is 0 Å². The fraction of sp³-hybridized carbons (Fsp3) is 0.500. The molecule has 1 aromatic carbocycles. The highest BCUT2D eigenvalue weighted by Crippen LogP contribution is 2.34. The van der Waals surface area contributed by atoms with E-state index in [1.807, 2.05) is 6.07 Å². The van der Waals surface area contributed by atoms with E-state index in [4.69, 9.17) is 0 Å². The van der Waals surface area contributed by atoms with Gasteiger partial charge in [-0.3, -0.25) is 0 Å². The van der Waals surface area contributed by atoms with Crippen LogP contribution in [0, 0.1) is 5.82 Å². The molecule has 0 spiro atoms. The molecular weight excluding hydrogens is 257 g/mol. The van der Waals surface area contributed by atoms with Crippen molar-refractivity contribution in [2.45, 2.75) is 32.2 Å². The number of rotatable bonds is 2. The third-order valence-electron chi connectivity index (χ3n) is 2.94. The van der Waals surface area contributed by atoms with Crippen molar-refractivity contribution in [2.75, 3.05) is 6.54 Å². The average molecular weight is 272 g/mol. The Kier molecular flexibility index (Phi) is 3.42. The Hall–Kier alpha value is -0.410. The summed E-state index contributed by atoms with van der Waals surface area (Å²) in [6, 6.07) is 3.67. The highest BCUT2D eigenvalue weighted by molar-refractivity contribution is 9.10. The zero-order valence-corrected chi connectivity index (χ0v) is 10.4. The van der Waals surface area contributed by atoms with Crippen LogP contribution in [0.3, 0.4) is 0 Å². The van der Waals surface area contributed by atoms with E-state index >= 15 is 0 Å². The van der Waals surface area contributed by atoms with Crippen LogP contribution in [-0.4, -0.2) is 6.54 Å². The summed E-state index contributed by atoms with van der Waals surface area (Å²) in [7, 11) is 0. The highest BCUT2D eigenvalue weighted by atomic mass is 79.9. The van der Waals surface area contributed by atoms with E-state index in [0.29, 0.717) is 6.04 Å². The molecule has 2 rings (SSSR count). The second-order valence-electron chi connectivity index (χ2n) is 3.97. The van der Waals surface area contributed by atoms with Crippen LogP contribution in [0.4, 0.5) is 4.39 Å². The summed E-state index contributed by atoms with van der Waals surface area (Å²) in [4.78, 5) is 0. The largest absolute Gasteiger partial charge is 0.310 e. The second kappa shape index (κ2) is 4.62. The first kappa shape index (κ1) is 11.1. The standard InChI is InChI=1S/C12H15BrFN/c1-2-3-11-12-8(6-7-15-11)10(14)5-4-9(12)13/h4-5,11,15H,2-3,6-7H2,1H3. The first-order chi connectivity index (χ1) is 7.24. The maximum Gasteiger partial charge on any atom is 0.126 e. The molecule has 0 radical (unpaired) electrons. The topological polar surface area (TPSA) is 12.0 Å². The molecule has 1 aliphatic heterocycles. The van der Waals surface area contributed by atoms with Gasteiger partial charge in [0, 0.05) is 10.5 Å². The number of halogens is 2. The van der Waals surface area contributed by atoms with Crippen LogP contribution < -0.4 is 5.32 Å². The summed E-state index contributed by atoms with van der Waals surface area (Å²) in [5.41, 5.74) is 2.02. The van der Waals surface area contributed by atoms with Crippen molar-refractivity contribution in [2.24, 2.45) is 0 Å². The Morgan fingerprint density at radius 2 is 2.33 bits per heavy atom. The molecule has 0 aliphatic carbocycles. The molecule has 1 aromatic rings. The molecule has 0 fully saturated rings. The maximum atomic E-state index is 13.6. The number of nitrogens with one attached hydrogen (secondary N) is 1. The van der Waals surface area contributed by atoms with Gasteiger partial charge in [-0.1, -0.05) is 29.3 Å². The smallest absolute Gasteiger partial charge is 0.126 e. The van der Waals surface area contributed by atoms with Gasteiger partial charge in [-0.15, -0.1) is 0 Å². The second-order valence-corrected chi connectivity index (χ2v) is 4.82. The minimum absolute atomic E-state index is 0.0594. The lowest BCUT2D eigenvalue weighted by molar-refractivity contribution is 0.456. The van der Waals surface area contributed by atoms with Crippen molar-refractivity contribution >= 4 is 15.9 Å². The Morgan fingerprint density at radius 3 is 3.07 bits per heavy atom. The summed E-state index contributed by atoms with van der Waals surface area (Å²) in [6.45, 7) is 3.04. The molecule has 1 aliphatic rings. The van der Waals surface area contributed by atoms with Gasteiger partial charge in [-0.25, -0.2) is 4.39 Å². The molecular formula is C12H15BrFN. The lowest BCUT2D eigenvalue weighted by atomic mass is 9.91. The van der Waals surface area contributed by atoms with Gasteiger partial charge in [-0.2, -0.15) is 0 Å². The predicted octanol–water partition coefficient (Wildman–Crippen LogP) is 3.58. The zero-order chi connectivity index (χ0) is 10.8. The van der Waals surface area contributed by atoms with Crippen molar-refractivity contribution in [1.29, 1.82) is 0 Å². The van der Waals surface area contributed by atoms with E-state index in [-0.39, 0.29) is 5.82 Å². The molecule has 1 nitrogen and oxygen atoms in total. The minimum atomic E-state index is -0.0594. The molecule has 1 heterocycles. The molecule has 0 bridgehead atoms. The number of benzene rings is 1. The van der Waals surface area contributed by atoms with Crippen molar-refractivity contribution in [3.63, 3.8) is 0 Å². The lowest BCUT2D eigenvalue weighted by Gasteiger charge is -2.28. The Bertz CT molecular complexity index is 365. The SMILES string of the molecule is CCCC1NCCc2c(F)ccc(Br)c21. The Morgan fingerprint density at radius 1 is 1.53 bits per heavy atom. The fourth-order valence-electron chi connectivity index (χ4n) is 2.25. The van der Waals surface area contributed by atoms with E-state index < -0.39 is 0 Å². The van der Waals surface area contributed by atoms with Gasteiger partial charge in [0.05, 0.1) is 0 Å². The molecule has 0 saturated carbocycles. The van der Waals surface area contributed by atoms with Crippen LogP contribution in [0.1, 0.15) is 36.9 Å². The van der Waals surface area contributed by atoms with Crippen LogP contribution in [0.15, 0.2) is 16.6 Å².